The normalized spacial score (nSPS) is 17.7. The molecule has 0 saturated heterocycles. The van der Waals surface area contributed by atoms with E-state index in [1.165, 1.54) is 6.42 Å². The smallest absolute Gasteiger partial charge is 0.321 e. The second kappa shape index (κ2) is 5.35. The van der Waals surface area contributed by atoms with Crippen LogP contribution in [0.15, 0.2) is 0 Å². The zero-order valence-corrected chi connectivity index (χ0v) is 9.69. The number of amides is 3. The number of carbonyl (C=O) groups excluding carboxylic acids is 2. The molecular formula is C10H17ClN2O2. The molecule has 86 valence electrons. The average Bonchev–Trinajstić information content (AvgIpc) is 2.16. The third-order valence-electron chi connectivity index (χ3n) is 3.16. The fourth-order valence-electron chi connectivity index (χ4n) is 1.80. The molecule has 15 heavy (non-hydrogen) atoms. The Labute approximate surface area is 94.7 Å². The van der Waals surface area contributed by atoms with Gasteiger partial charge >= 0.3 is 6.03 Å². The van der Waals surface area contributed by atoms with Crippen LogP contribution in [-0.2, 0) is 4.79 Å². The van der Waals surface area contributed by atoms with E-state index in [-0.39, 0.29) is 11.3 Å². The monoisotopic (exact) mass is 232 g/mol. The number of carbonyl (C=O) groups is 2. The highest BCUT2D eigenvalue weighted by molar-refractivity contribution is 6.28. The number of hydrogen-bond donors (Lipinski definition) is 2. The van der Waals surface area contributed by atoms with Gasteiger partial charge in [-0.15, -0.1) is 11.6 Å². The van der Waals surface area contributed by atoms with Crippen LogP contribution in [0.5, 0.6) is 0 Å². The topological polar surface area (TPSA) is 58.2 Å². The maximum atomic E-state index is 11.2. The van der Waals surface area contributed by atoms with E-state index in [1.807, 2.05) is 0 Å². The molecule has 0 unspecified atom stereocenters. The maximum Gasteiger partial charge on any atom is 0.321 e. The summed E-state index contributed by atoms with van der Waals surface area (Å²) >= 11 is 5.26. The van der Waals surface area contributed by atoms with Gasteiger partial charge < -0.3 is 5.32 Å². The third kappa shape index (κ3) is 3.38. The minimum Gasteiger partial charge on any atom is -0.337 e. The summed E-state index contributed by atoms with van der Waals surface area (Å²) < 4.78 is 0. The van der Waals surface area contributed by atoms with Crippen molar-refractivity contribution in [2.45, 2.75) is 32.6 Å². The Morgan fingerprint density at radius 2 is 2.07 bits per heavy atom. The van der Waals surface area contributed by atoms with Gasteiger partial charge in [0, 0.05) is 6.54 Å². The zero-order chi connectivity index (χ0) is 11.3. The van der Waals surface area contributed by atoms with Crippen LogP contribution in [0, 0.1) is 5.41 Å². The quantitative estimate of drug-likeness (QED) is 0.724. The maximum absolute atomic E-state index is 11.2. The van der Waals surface area contributed by atoms with E-state index in [0.29, 0.717) is 6.54 Å². The first-order valence-corrected chi connectivity index (χ1v) is 5.79. The molecule has 1 fully saturated rings. The lowest BCUT2D eigenvalue weighted by molar-refractivity contribution is -0.117. The molecule has 0 atom stereocenters. The molecule has 0 aromatic heterocycles. The van der Waals surface area contributed by atoms with E-state index >= 15 is 0 Å². The lowest BCUT2D eigenvalue weighted by Gasteiger charge is -2.41. The van der Waals surface area contributed by atoms with Crippen molar-refractivity contribution in [1.29, 1.82) is 0 Å². The predicted octanol–water partition coefficient (Wildman–Crippen LogP) is 1.63. The molecule has 3 amide bonds. The Morgan fingerprint density at radius 1 is 1.40 bits per heavy atom. The number of urea groups is 1. The lowest BCUT2D eigenvalue weighted by Crippen LogP contribution is -2.47. The Bertz CT molecular complexity index is 246. The molecular weight excluding hydrogens is 216 g/mol. The van der Waals surface area contributed by atoms with Gasteiger partial charge in [-0.3, -0.25) is 10.1 Å². The average molecular weight is 233 g/mol. The van der Waals surface area contributed by atoms with Gasteiger partial charge in [0.15, 0.2) is 0 Å². The molecule has 1 aliphatic rings. The molecule has 5 heteroatoms. The van der Waals surface area contributed by atoms with Crippen molar-refractivity contribution < 1.29 is 9.59 Å². The molecule has 1 rings (SSSR count). The van der Waals surface area contributed by atoms with Crippen LogP contribution in [0.1, 0.15) is 32.6 Å². The van der Waals surface area contributed by atoms with Gasteiger partial charge in [-0.25, -0.2) is 4.79 Å². The largest absolute Gasteiger partial charge is 0.337 e. The summed E-state index contributed by atoms with van der Waals surface area (Å²) in [6.45, 7) is 2.77. The van der Waals surface area contributed by atoms with Crippen molar-refractivity contribution in [3.8, 4) is 0 Å². The van der Waals surface area contributed by atoms with Crippen LogP contribution in [0.2, 0.25) is 0 Å². The highest BCUT2D eigenvalue weighted by Gasteiger charge is 2.35. The van der Waals surface area contributed by atoms with E-state index in [0.717, 1.165) is 19.3 Å². The highest BCUT2D eigenvalue weighted by atomic mass is 35.5. The van der Waals surface area contributed by atoms with Crippen LogP contribution in [0.4, 0.5) is 4.79 Å². The predicted molar refractivity (Wildman–Crippen MR) is 58.8 cm³/mol. The highest BCUT2D eigenvalue weighted by Crippen LogP contribution is 2.42. The van der Waals surface area contributed by atoms with Crippen molar-refractivity contribution >= 4 is 23.5 Å². The van der Waals surface area contributed by atoms with Gasteiger partial charge in [0.25, 0.3) is 0 Å². The number of halogens is 1. The van der Waals surface area contributed by atoms with Gasteiger partial charge in [0.2, 0.25) is 5.91 Å². The second-order valence-electron chi connectivity index (χ2n) is 4.07. The van der Waals surface area contributed by atoms with Crippen molar-refractivity contribution in [1.82, 2.24) is 10.6 Å². The van der Waals surface area contributed by atoms with Gasteiger partial charge in [0.1, 0.15) is 5.88 Å². The first kappa shape index (κ1) is 12.3. The Hall–Kier alpha value is -0.770. The molecule has 0 spiro atoms. The van der Waals surface area contributed by atoms with E-state index in [4.69, 9.17) is 11.6 Å². The van der Waals surface area contributed by atoms with E-state index in [9.17, 15) is 9.59 Å². The van der Waals surface area contributed by atoms with E-state index < -0.39 is 11.9 Å². The molecule has 0 heterocycles. The molecule has 1 aliphatic carbocycles. The summed E-state index contributed by atoms with van der Waals surface area (Å²) in [5.41, 5.74) is 0.265. The summed E-state index contributed by atoms with van der Waals surface area (Å²) in [7, 11) is 0. The van der Waals surface area contributed by atoms with Crippen LogP contribution in [0.25, 0.3) is 0 Å². The molecule has 2 N–H and O–H groups in total. The summed E-state index contributed by atoms with van der Waals surface area (Å²) in [5.74, 6) is -0.653. The lowest BCUT2D eigenvalue weighted by atomic mass is 9.67. The second-order valence-corrected chi connectivity index (χ2v) is 4.34. The van der Waals surface area contributed by atoms with Crippen LogP contribution in [0.3, 0.4) is 0 Å². The van der Waals surface area contributed by atoms with Gasteiger partial charge in [-0.05, 0) is 24.7 Å². The van der Waals surface area contributed by atoms with Crippen LogP contribution < -0.4 is 10.6 Å². The molecule has 0 radical (unpaired) electrons. The number of nitrogens with one attached hydrogen (secondary N) is 2. The van der Waals surface area contributed by atoms with Crippen molar-refractivity contribution in [3.05, 3.63) is 0 Å². The molecule has 0 bridgehead atoms. The fourth-order valence-corrected chi connectivity index (χ4v) is 1.87. The Balaban J connectivity index is 2.24. The summed E-state index contributed by atoms with van der Waals surface area (Å²) in [6.07, 6.45) is 4.62. The molecule has 0 aromatic rings. The summed E-state index contributed by atoms with van der Waals surface area (Å²) in [5, 5.41) is 4.87. The number of alkyl halides is 1. The Kier molecular flexibility index (Phi) is 4.39. The van der Waals surface area contributed by atoms with Crippen molar-refractivity contribution in [3.63, 3.8) is 0 Å². The number of hydrogen-bond acceptors (Lipinski definition) is 2. The first-order valence-electron chi connectivity index (χ1n) is 5.25. The summed E-state index contributed by atoms with van der Waals surface area (Å²) in [6, 6.07) is -0.444. The van der Waals surface area contributed by atoms with Crippen LogP contribution in [-0.4, -0.2) is 24.4 Å². The minimum absolute atomic E-state index is 0.188. The fraction of sp³-hybridized carbons (Fsp3) is 0.800. The summed E-state index contributed by atoms with van der Waals surface area (Å²) in [4.78, 5) is 22.0. The van der Waals surface area contributed by atoms with E-state index in [1.54, 1.807) is 0 Å². The zero-order valence-electron chi connectivity index (χ0n) is 8.94. The molecule has 1 saturated carbocycles. The number of imide groups is 1. The number of rotatable bonds is 4. The van der Waals surface area contributed by atoms with Gasteiger partial charge in [-0.1, -0.05) is 13.3 Å². The van der Waals surface area contributed by atoms with Crippen molar-refractivity contribution in [2.24, 2.45) is 5.41 Å². The molecule has 4 nitrogen and oxygen atoms in total. The van der Waals surface area contributed by atoms with Gasteiger partial charge in [-0.2, -0.15) is 0 Å². The SMILES string of the molecule is CCC1(CNC(=O)NC(=O)CCl)CCC1. The standard InChI is InChI=1S/C10H17ClN2O2/c1-2-10(4-3-5-10)7-12-9(15)13-8(14)6-11/h2-7H2,1H3,(H2,12,13,14,15). The molecule has 0 aromatic carbocycles. The third-order valence-corrected chi connectivity index (χ3v) is 3.41. The molecule has 0 aliphatic heterocycles. The Morgan fingerprint density at radius 3 is 2.47 bits per heavy atom. The van der Waals surface area contributed by atoms with Crippen LogP contribution >= 0.6 is 11.6 Å². The van der Waals surface area contributed by atoms with Crippen molar-refractivity contribution in [2.75, 3.05) is 12.4 Å². The van der Waals surface area contributed by atoms with E-state index in [2.05, 4.69) is 17.6 Å². The first-order chi connectivity index (χ1) is 7.12. The minimum atomic E-state index is -0.465. The van der Waals surface area contributed by atoms with Gasteiger partial charge in [0.05, 0.1) is 0 Å².